The monoisotopic (exact) mass is 384 g/mol. The lowest BCUT2D eigenvalue weighted by Gasteiger charge is -2.15. The van der Waals surface area contributed by atoms with E-state index in [0.29, 0.717) is 35.8 Å². The van der Waals surface area contributed by atoms with Crippen molar-refractivity contribution in [3.05, 3.63) is 29.3 Å². The van der Waals surface area contributed by atoms with Crippen LogP contribution in [0, 0.1) is 6.92 Å². The molecule has 28 heavy (non-hydrogen) atoms. The Morgan fingerprint density at radius 2 is 1.96 bits per heavy atom. The van der Waals surface area contributed by atoms with Crippen LogP contribution in [0.2, 0.25) is 0 Å². The number of benzene rings is 1. The highest BCUT2D eigenvalue weighted by molar-refractivity contribution is 5.94. The Balaban J connectivity index is 1.84. The fourth-order valence-electron chi connectivity index (χ4n) is 3.13. The number of aromatic nitrogens is 3. The number of nitrogens with zero attached hydrogens (tertiary/aromatic N) is 3. The average Bonchev–Trinajstić information content (AvgIpc) is 3.16. The van der Waals surface area contributed by atoms with Gasteiger partial charge in [-0.1, -0.05) is 32.3 Å². The van der Waals surface area contributed by atoms with Gasteiger partial charge >= 0.3 is 6.01 Å². The molecule has 0 spiro atoms. The van der Waals surface area contributed by atoms with Gasteiger partial charge in [-0.05, 0) is 43.9 Å². The third-order valence-electron chi connectivity index (χ3n) is 4.80. The molecule has 0 bridgehead atoms. The first kappa shape index (κ1) is 19.9. The summed E-state index contributed by atoms with van der Waals surface area (Å²) in [5, 5.41) is 6.56. The van der Waals surface area contributed by atoms with E-state index in [2.05, 4.69) is 32.5 Å². The van der Waals surface area contributed by atoms with Crippen LogP contribution in [0.15, 0.2) is 18.2 Å². The van der Waals surface area contributed by atoms with Gasteiger partial charge in [0.15, 0.2) is 0 Å². The molecule has 150 valence electrons. The van der Waals surface area contributed by atoms with Crippen LogP contribution >= 0.6 is 0 Å². The van der Waals surface area contributed by atoms with Crippen LogP contribution in [0.25, 0.3) is 0 Å². The molecule has 1 saturated carbocycles. The molecule has 0 atom stereocenters. The summed E-state index contributed by atoms with van der Waals surface area (Å²) in [6.07, 6.45) is 6.61. The second-order valence-corrected chi connectivity index (χ2v) is 7.11. The number of carbonyl (C=O) groups excluding carboxylic acids is 1. The number of amides is 1. The highest BCUT2D eigenvalue weighted by Crippen LogP contribution is 2.24. The van der Waals surface area contributed by atoms with E-state index in [-0.39, 0.29) is 6.01 Å². The summed E-state index contributed by atoms with van der Waals surface area (Å²) in [6.45, 7) is 4.59. The molecular formula is C20H28N6O2. The largest absolute Gasteiger partial charge is 0.463 e. The molecule has 1 aliphatic carbocycles. The first-order valence-corrected chi connectivity index (χ1v) is 9.88. The van der Waals surface area contributed by atoms with Gasteiger partial charge in [0.05, 0.1) is 6.61 Å². The van der Waals surface area contributed by atoms with Crippen molar-refractivity contribution in [3.8, 4) is 6.01 Å². The number of rotatable bonds is 9. The van der Waals surface area contributed by atoms with Crippen LogP contribution < -0.4 is 21.1 Å². The second-order valence-electron chi connectivity index (χ2n) is 7.11. The molecule has 3 rings (SSSR count). The number of unbranched alkanes of at least 4 members (excludes halogenated alkanes) is 1. The first-order valence-electron chi connectivity index (χ1n) is 9.88. The normalized spacial score (nSPS) is 14.1. The number of carbonyl (C=O) groups is 1. The standard InChI is InChI=1S/C20H28N6O2/c1-3-4-11-28-20-25-18(22-15-7-5-6-8-15)24-19(26-20)23-16-12-14(17(21)27)10-9-13(16)2/h9-10,12,15H,3-8,11H2,1-2H3,(H2,21,27)(H2,22,23,24,25,26). The maximum absolute atomic E-state index is 11.5. The zero-order valence-corrected chi connectivity index (χ0v) is 16.5. The number of hydrogen-bond donors (Lipinski definition) is 3. The van der Waals surface area contributed by atoms with Crippen LogP contribution in [0.5, 0.6) is 6.01 Å². The number of ether oxygens (including phenoxy) is 1. The fourth-order valence-corrected chi connectivity index (χ4v) is 3.13. The van der Waals surface area contributed by atoms with E-state index in [1.54, 1.807) is 12.1 Å². The minimum absolute atomic E-state index is 0.287. The second kappa shape index (κ2) is 9.34. The highest BCUT2D eigenvalue weighted by atomic mass is 16.5. The van der Waals surface area contributed by atoms with E-state index in [9.17, 15) is 4.79 Å². The molecule has 1 heterocycles. The molecule has 4 N–H and O–H groups in total. The maximum Gasteiger partial charge on any atom is 0.323 e. The van der Waals surface area contributed by atoms with Crippen molar-refractivity contribution in [1.82, 2.24) is 15.0 Å². The Kier molecular flexibility index (Phi) is 6.62. The summed E-state index contributed by atoms with van der Waals surface area (Å²) in [4.78, 5) is 24.8. The van der Waals surface area contributed by atoms with Crippen LogP contribution in [0.3, 0.4) is 0 Å². The van der Waals surface area contributed by atoms with E-state index in [4.69, 9.17) is 10.5 Å². The topological polar surface area (TPSA) is 115 Å². The molecule has 1 amide bonds. The van der Waals surface area contributed by atoms with Crippen molar-refractivity contribution in [2.75, 3.05) is 17.2 Å². The van der Waals surface area contributed by atoms with Gasteiger partial charge in [0.25, 0.3) is 0 Å². The van der Waals surface area contributed by atoms with Crippen LogP contribution in [0.1, 0.15) is 61.4 Å². The zero-order chi connectivity index (χ0) is 19.9. The van der Waals surface area contributed by atoms with Crippen molar-refractivity contribution in [2.24, 2.45) is 5.73 Å². The molecule has 8 heteroatoms. The molecule has 1 aliphatic rings. The van der Waals surface area contributed by atoms with Gasteiger partial charge in [-0.25, -0.2) is 0 Å². The van der Waals surface area contributed by atoms with Crippen molar-refractivity contribution in [3.63, 3.8) is 0 Å². The Hall–Kier alpha value is -2.90. The van der Waals surface area contributed by atoms with Crippen LogP contribution in [-0.4, -0.2) is 33.5 Å². The van der Waals surface area contributed by atoms with E-state index < -0.39 is 5.91 Å². The summed E-state index contributed by atoms with van der Waals surface area (Å²) >= 11 is 0. The van der Waals surface area contributed by atoms with E-state index in [0.717, 1.165) is 31.2 Å². The van der Waals surface area contributed by atoms with Crippen molar-refractivity contribution >= 4 is 23.5 Å². The lowest BCUT2D eigenvalue weighted by Crippen LogP contribution is -2.18. The molecule has 0 aliphatic heterocycles. The van der Waals surface area contributed by atoms with E-state index >= 15 is 0 Å². The van der Waals surface area contributed by atoms with Gasteiger partial charge < -0.3 is 21.1 Å². The molecule has 8 nitrogen and oxygen atoms in total. The molecule has 1 aromatic heterocycles. The van der Waals surface area contributed by atoms with Crippen molar-refractivity contribution in [2.45, 2.75) is 58.4 Å². The third kappa shape index (κ3) is 5.31. The number of nitrogens with two attached hydrogens (primary N) is 1. The minimum Gasteiger partial charge on any atom is -0.463 e. The van der Waals surface area contributed by atoms with Gasteiger partial charge in [0, 0.05) is 17.3 Å². The SMILES string of the molecule is CCCCOc1nc(Nc2cc(C(N)=O)ccc2C)nc(NC2CCCC2)n1. The van der Waals surface area contributed by atoms with Crippen molar-refractivity contribution < 1.29 is 9.53 Å². The number of aryl methyl sites for hydroxylation is 1. The van der Waals surface area contributed by atoms with Gasteiger partial charge in [0.1, 0.15) is 0 Å². The number of anilines is 3. The molecule has 0 unspecified atom stereocenters. The van der Waals surface area contributed by atoms with Gasteiger partial charge in [-0.3, -0.25) is 4.79 Å². The summed E-state index contributed by atoms with van der Waals surface area (Å²) in [5.41, 5.74) is 7.48. The van der Waals surface area contributed by atoms with Gasteiger partial charge in [-0.2, -0.15) is 15.0 Å². The van der Waals surface area contributed by atoms with E-state index in [1.807, 2.05) is 13.0 Å². The quantitative estimate of drug-likeness (QED) is 0.566. The number of hydrogen-bond acceptors (Lipinski definition) is 7. The lowest BCUT2D eigenvalue weighted by molar-refractivity contribution is 0.100. The highest BCUT2D eigenvalue weighted by Gasteiger charge is 2.17. The fraction of sp³-hybridized carbons (Fsp3) is 0.500. The Bertz CT molecular complexity index is 820. The van der Waals surface area contributed by atoms with E-state index in [1.165, 1.54) is 12.8 Å². The van der Waals surface area contributed by atoms with Crippen LogP contribution in [0.4, 0.5) is 17.6 Å². The number of nitrogens with one attached hydrogen (secondary N) is 2. The average molecular weight is 384 g/mol. The maximum atomic E-state index is 11.5. The van der Waals surface area contributed by atoms with Crippen LogP contribution in [-0.2, 0) is 0 Å². The molecule has 2 aromatic rings. The summed E-state index contributed by atoms with van der Waals surface area (Å²) < 4.78 is 5.71. The van der Waals surface area contributed by atoms with Gasteiger partial charge in [-0.15, -0.1) is 0 Å². The molecular weight excluding hydrogens is 356 g/mol. The smallest absolute Gasteiger partial charge is 0.323 e. The Morgan fingerprint density at radius 1 is 1.21 bits per heavy atom. The summed E-state index contributed by atoms with van der Waals surface area (Å²) in [5.74, 6) is 0.386. The zero-order valence-electron chi connectivity index (χ0n) is 16.5. The Morgan fingerprint density at radius 3 is 2.68 bits per heavy atom. The van der Waals surface area contributed by atoms with Gasteiger partial charge in [0.2, 0.25) is 17.8 Å². The predicted octanol–water partition coefficient (Wildman–Crippen LogP) is 3.56. The predicted molar refractivity (Wildman–Crippen MR) is 109 cm³/mol. The minimum atomic E-state index is -0.481. The summed E-state index contributed by atoms with van der Waals surface area (Å²) in [7, 11) is 0. The molecule has 1 fully saturated rings. The summed E-state index contributed by atoms with van der Waals surface area (Å²) in [6, 6.07) is 5.89. The number of primary amides is 1. The third-order valence-corrected chi connectivity index (χ3v) is 4.80. The lowest BCUT2D eigenvalue weighted by atomic mass is 10.1. The first-order chi connectivity index (χ1) is 13.5. The molecule has 0 saturated heterocycles. The molecule has 1 aromatic carbocycles. The van der Waals surface area contributed by atoms with Crippen molar-refractivity contribution in [1.29, 1.82) is 0 Å². The Labute approximate surface area is 165 Å². The molecule has 0 radical (unpaired) electrons.